The minimum atomic E-state index is 0.652. The Morgan fingerprint density at radius 2 is 2.25 bits per heavy atom. The molecule has 16 heavy (non-hydrogen) atoms. The number of hydrogen-bond donors (Lipinski definition) is 2. The van der Waals surface area contributed by atoms with Crippen LogP contribution in [0.4, 0.5) is 5.69 Å². The van der Waals surface area contributed by atoms with Crippen molar-refractivity contribution in [2.75, 3.05) is 5.32 Å². The maximum absolute atomic E-state index is 8.96. The van der Waals surface area contributed by atoms with Gasteiger partial charge in [0.1, 0.15) is 6.07 Å². The van der Waals surface area contributed by atoms with Crippen molar-refractivity contribution in [3.63, 3.8) is 0 Å². The number of nitriles is 1. The molecule has 1 heterocycles. The van der Waals surface area contributed by atoms with Gasteiger partial charge >= 0.3 is 0 Å². The Bertz CT molecular complexity index is 512. The van der Waals surface area contributed by atoms with E-state index < -0.39 is 0 Å². The molecule has 0 spiro atoms. The second-order valence-electron chi connectivity index (χ2n) is 3.37. The number of hydrogen-bond acceptors (Lipinski definition) is 2. The number of nitrogens with one attached hydrogen (secondary N) is 2. The third-order valence-corrected chi connectivity index (χ3v) is 2.74. The molecular formula is C12H10BrN3. The molecule has 2 N–H and O–H groups in total. The Kier molecular flexibility index (Phi) is 3.28. The number of nitrogens with zero attached hydrogens (tertiary/aromatic N) is 1. The lowest BCUT2D eigenvalue weighted by atomic mass is 10.2. The Balaban J connectivity index is 2.15. The van der Waals surface area contributed by atoms with Crippen molar-refractivity contribution in [1.82, 2.24) is 4.98 Å². The lowest BCUT2D eigenvalue weighted by Crippen LogP contribution is -2.00. The van der Waals surface area contributed by atoms with Gasteiger partial charge in [0.15, 0.2) is 0 Å². The fraction of sp³-hybridized carbons (Fsp3) is 0.0833. The highest BCUT2D eigenvalue weighted by Gasteiger charge is 2.02. The van der Waals surface area contributed by atoms with Gasteiger partial charge in [0, 0.05) is 23.4 Å². The summed E-state index contributed by atoms with van der Waals surface area (Å²) < 4.78 is 0.961. The number of aromatic nitrogens is 1. The lowest BCUT2D eigenvalue weighted by Gasteiger charge is -2.07. The molecule has 0 atom stereocenters. The van der Waals surface area contributed by atoms with E-state index in [2.05, 4.69) is 32.3 Å². The van der Waals surface area contributed by atoms with Gasteiger partial charge < -0.3 is 10.3 Å². The highest BCUT2D eigenvalue weighted by Crippen LogP contribution is 2.21. The van der Waals surface area contributed by atoms with E-state index in [1.807, 2.05) is 30.6 Å². The highest BCUT2D eigenvalue weighted by molar-refractivity contribution is 9.10. The minimum absolute atomic E-state index is 0.652. The van der Waals surface area contributed by atoms with Crippen LogP contribution in [0.1, 0.15) is 11.1 Å². The van der Waals surface area contributed by atoms with Crippen molar-refractivity contribution < 1.29 is 0 Å². The Morgan fingerprint density at radius 1 is 1.38 bits per heavy atom. The molecule has 1 aromatic heterocycles. The van der Waals surface area contributed by atoms with Crippen LogP contribution in [-0.4, -0.2) is 4.98 Å². The maximum atomic E-state index is 8.96. The van der Waals surface area contributed by atoms with Crippen molar-refractivity contribution in [2.45, 2.75) is 6.54 Å². The summed E-state index contributed by atoms with van der Waals surface area (Å²) in [6.07, 6.45) is 3.81. The molecule has 0 radical (unpaired) electrons. The molecule has 0 unspecified atom stereocenters. The zero-order chi connectivity index (χ0) is 11.4. The van der Waals surface area contributed by atoms with Crippen molar-refractivity contribution in [3.8, 4) is 6.07 Å². The summed E-state index contributed by atoms with van der Waals surface area (Å²) in [6, 6.07) is 9.72. The smallest absolute Gasteiger partial charge is 0.101 e. The van der Waals surface area contributed by atoms with Crippen LogP contribution in [0.3, 0.4) is 0 Å². The van der Waals surface area contributed by atoms with Crippen LogP contribution >= 0.6 is 15.9 Å². The largest absolute Gasteiger partial charge is 0.380 e. The molecule has 0 bridgehead atoms. The number of halogens is 1. The quantitative estimate of drug-likeness (QED) is 0.904. The zero-order valence-electron chi connectivity index (χ0n) is 8.50. The predicted octanol–water partition coefficient (Wildman–Crippen LogP) is 3.26. The molecule has 2 rings (SSSR count). The summed E-state index contributed by atoms with van der Waals surface area (Å²) in [5.74, 6) is 0. The summed E-state index contributed by atoms with van der Waals surface area (Å²) in [7, 11) is 0. The van der Waals surface area contributed by atoms with E-state index in [-0.39, 0.29) is 0 Å². The van der Waals surface area contributed by atoms with Crippen molar-refractivity contribution in [2.24, 2.45) is 0 Å². The molecule has 0 fully saturated rings. The van der Waals surface area contributed by atoms with Crippen LogP contribution in [0.15, 0.2) is 41.1 Å². The Hall–Kier alpha value is -1.73. The lowest BCUT2D eigenvalue weighted by molar-refractivity contribution is 1.15. The minimum Gasteiger partial charge on any atom is -0.380 e. The third kappa shape index (κ3) is 2.44. The molecule has 4 heteroatoms. The highest BCUT2D eigenvalue weighted by atomic mass is 79.9. The van der Waals surface area contributed by atoms with E-state index in [1.54, 1.807) is 6.07 Å². The second-order valence-corrected chi connectivity index (χ2v) is 4.29. The van der Waals surface area contributed by atoms with Gasteiger partial charge in [-0.05, 0) is 29.8 Å². The van der Waals surface area contributed by atoms with Gasteiger partial charge in [-0.15, -0.1) is 0 Å². The molecular weight excluding hydrogens is 266 g/mol. The monoisotopic (exact) mass is 275 g/mol. The molecule has 80 valence electrons. The summed E-state index contributed by atoms with van der Waals surface area (Å²) in [6.45, 7) is 0.703. The predicted molar refractivity (Wildman–Crippen MR) is 67.0 cm³/mol. The molecule has 0 aliphatic rings. The van der Waals surface area contributed by atoms with Gasteiger partial charge in [-0.3, -0.25) is 0 Å². The van der Waals surface area contributed by atoms with Crippen LogP contribution in [0, 0.1) is 11.3 Å². The zero-order valence-corrected chi connectivity index (χ0v) is 10.1. The van der Waals surface area contributed by atoms with Crippen LogP contribution in [0.2, 0.25) is 0 Å². The average molecular weight is 276 g/mol. The average Bonchev–Trinajstić information content (AvgIpc) is 2.79. The topological polar surface area (TPSA) is 51.6 Å². The van der Waals surface area contributed by atoms with Gasteiger partial charge in [-0.2, -0.15) is 5.26 Å². The van der Waals surface area contributed by atoms with Crippen molar-refractivity contribution in [1.29, 1.82) is 5.26 Å². The third-order valence-electron chi connectivity index (χ3n) is 2.25. The second kappa shape index (κ2) is 4.86. The first-order valence-electron chi connectivity index (χ1n) is 4.85. The molecule has 0 amide bonds. The number of rotatable bonds is 3. The summed E-state index contributed by atoms with van der Waals surface area (Å²) in [5, 5.41) is 12.2. The molecule has 3 nitrogen and oxygen atoms in total. The normalized spacial score (nSPS) is 9.75. The van der Waals surface area contributed by atoms with Gasteiger partial charge in [-0.1, -0.05) is 15.9 Å². The van der Waals surface area contributed by atoms with Gasteiger partial charge in [0.25, 0.3) is 0 Å². The van der Waals surface area contributed by atoms with E-state index in [0.717, 1.165) is 15.7 Å². The molecule has 2 aromatic rings. The number of H-pyrrole nitrogens is 1. The Morgan fingerprint density at radius 3 is 2.94 bits per heavy atom. The van der Waals surface area contributed by atoms with E-state index in [9.17, 15) is 0 Å². The fourth-order valence-corrected chi connectivity index (χ4v) is 1.79. The van der Waals surface area contributed by atoms with Crippen molar-refractivity contribution >= 4 is 21.6 Å². The maximum Gasteiger partial charge on any atom is 0.101 e. The first-order valence-corrected chi connectivity index (χ1v) is 5.64. The summed E-state index contributed by atoms with van der Waals surface area (Å²) in [4.78, 5) is 2.99. The molecule has 0 aliphatic heterocycles. The van der Waals surface area contributed by atoms with Gasteiger partial charge in [-0.25, -0.2) is 0 Å². The number of aromatic amines is 1. The van der Waals surface area contributed by atoms with Crippen LogP contribution in [0.25, 0.3) is 0 Å². The SMILES string of the molecule is N#Cc1ccc(Br)cc1NCc1cc[nH]c1. The van der Waals surface area contributed by atoms with Crippen molar-refractivity contribution in [3.05, 3.63) is 52.3 Å². The molecule has 0 saturated carbocycles. The van der Waals surface area contributed by atoms with E-state index in [4.69, 9.17) is 5.26 Å². The van der Waals surface area contributed by atoms with E-state index in [1.165, 1.54) is 0 Å². The summed E-state index contributed by atoms with van der Waals surface area (Å²) in [5.41, 5.74) is 2.65. The first kappa shape index (κ1) is 10.8. The number of benzene rings is 1. The van der Waals surface area contributed by atoms with Gasteiger partial charge in [0.2, 0.25) is 0 Å². The molecule has 1 aromatic carbocycles. The van der Waals surface area contributed by atoms with Crippen LogP contribution < -0.4 is 5.32 Å². The molecule has 0 aliphatic carbocycles. The summed E-state index contributed by atoms with van der Waals surface area (Å²) >= 11 is 3.39. The standard InChI is InChI=1S/C12H10BrN3/c13-11-2-1-10(6-14)12(5-11)16-8-9-3-4-15-7-9/h1-5,7,15-16H,8H2. The number of anilines is 1. The van der Waals surface area contributed by atoms with Crippen LogP contribution in [0.5, 0.6) is 0 Å². The molecule has 0 saturated heterocycles. The fourth-order valence-electron chi connectivity index (χ4n) is 1.43. The van der Waals surface area contributed by atoms with Gasteiger partial charge in [0.05, 0.1) is 11.3 Å². The first-order chi connectivity index (χ1) is 7.79. The van der Waals surface area contributed by atoms with E-state index >= 15 is 0 Å². The Labute approximate surface area is 102 Å². The van der Waals surface area contributed by atoms with E-state index in [0.29, 0.717) is 12.1 Å². The van der Waals surface area contributed by atoms with Crippen LogP contribution in [-0.2, 0) is 6.54 Å².